The first-order chi connectivity index (χ1) is 9.77. The molecule has 1 aromatic carbocycles. The molecule has 21 heavy (non-hydrogen) atoms. The maximum absolute atomic E-state index is 4.22. The van der Waals surface area contributed by atoms with E-state index >= 15 is 0 Å². The SMILES string of the molecule is Cc1cc(N(C)C)ccc1NCc1cn(C(C)(C)C)nn1. The van der Waals surface area contributed by atoms with E-state index in [2.05, 4.69) is 66.4 Å². The summed E-state index contributed by atoms with van der Waals surface area (Å²) >= 11 is 0. The Labute approximate surface area is 127 Å². The molecule has 0 atom stereocenters. The van der Waals surface area contributed by atoms with Crippen molar-refractivity contribution in [2.24, 2.45) is 0 Å². The first kappa shape index (κ1) is 15.4. The van der Waals surface area contributed by atoms with Gasteiger partial charge in [-0.05, 0) is 51.5 Å². The number of nitrogens with zero attached hydrogens (tertiary/aromatic N) is 4. The van der Waals surface area contributed by atoms with E-state index in [0.29, 0.717) is 6.54 Å². The molecule has 0 saturated heterocycles. The van der Waals surface area contributed by atoms with Crippen molar-refractivity contribution >= 4 is 11.4 Å². The van der Waals surface area contributed by atoms with Gasteiger partial charge in [-0.1, -0.05) is 5.21 Å². The molecule has 0 unspecified atom stereocenters. The summed E-state index contributed by atoms with van der Waals surface area (Å²) in [5.41, 5.74) is 4.47. The molecule has 5 nitrogen and oxygen atoms in total. The molecule has 1 N–H and O–H groups in total. The van der Waals surface area contributed by atoms with Crippen molar-refractivity contribution < 1.29 is 0 Å². The average Bonchev–Trinajstić information content (AvgIpc) is 2.85. The predicted octanol–water partition coefficient (Wildman–Crippen LogP) is 3.02. The van der Waals surface area contributed by atoms with Crippen molar-refractivity contribution in [2.45, 2.75) is 39.8 Å². The number of hydrogen-bond acceptors (Lipinski definition) is 4. The van der Waals surface area contributed by atoms with E-state index < -0.39 is 0 Å². The van der Waals surface area contributed by atoms with Crippen LogP contribution in [0.5, 0.6) is 0 Å². The van der Waals surface area contributed by atoms with Gasteiger partial charge < -0.3 is 10.2 Å². The Balaban J connectivity index is 2.05. The minimum atomic E-state index is -0.0332. The number of aromatic nitrogens is 3. The summed E-state index contributed by atoms with van der Waals surface area (Å²) in [5, 5.41) is 11.8. The lowest BCUT2D eigenvalue weighted by Gasteiger charge is -2.17. The lowest BCUT2D eigenvalue weighted by Crippen LogP contribution is -2.22. The van der Waals surface area contributed by atoms with Gasteiger partial charge in [0.05, 0.1) is 18.3 Å². The topological polar surface area (TPSA) is 46.0 Å². The Morgan fingerprint density at radius 3 is 2.48 bits per heavy atom. The molecule has 0 aliphatic heterocycles. The quantitative estimate of drug-likeness (QED) is 0.939. The van der Waals surface area contributed by atoms with Crippen LogP contribution >= 0.6 is 0 Å². The molecule has 2 rings (SSSR count). The van der Waals surface area contributed by atoms with Crippen molar-refractivity contribution in [2.75, 3.05) is 24.3 Å². The third kappa shape index (κ3) is 3.74. The fourth-order valence-electron chi connectivity index (χ4n) is 2.02. The third-order valence-electron chi connectivity index (χ3n) is 3.41. The standard InChI is InChI=1S/C16H25N5/c1-12-9-14(20(5)6)7-8-15(12)17-10-13-11-21(19-18-13)16(2,3)4/h7-9,11,17H,10H2,1-6H3. The number of rotatable bonds is 4. The van der Waals surface area contributed by atoms with Crippen LogP contribution < -0.4 is 10.2 Å². The van der Waals surface area contributed by atoms with Gasteiger partial charge in [0.2, 0.25) is 0 Å². The van der Waals surface area contributed by atoms with Gasteiger partial charge in [-0.3, -0.25) is 0 Å². The van der Waals surface area contributed by atoms with E-state index in [1.165, 1.54) is 11.3 Å². The van der Waals surface area contributed by atoms with Crippen molar-refractivity contribution in [1.82, 2.24) is 15.0 Å². The first-order valence-electron chi connectivity index (χ1n) is 7.21. The summed E-state index contributed by atoms with van der Waals surface area (Å²) in [6.45, 7) is 9.13. The summed E-state index contributed by atoms with van der Waals surface area (Å²) in [6.07, 6.45) is 2.00. The van der Waals surface area contributed by atoms with Crippen LogP contribution in [-0.2, 0) is 12.1 Å². The molecular weight excluding hydrogens is 262 g/mol. The Morgan fingerprint density at radius 1 is 1.24 bits per heavy atom. The molecule has 1 aromatic heterocycles. The average molecular weight is 287 g/mol. The molecular formula is C16H25N5. The molecule has 0 fully saturated rings. The highest BCUT2D eigenvalue weighted by molar-refractivity contribution is 5.59. The van der Waals surface area contributed by atoms with Gasteiger partial charge in [0.25, 0.3) is 0 Å². The minimum absolute atomic E-state index is 0.0332. The summed E-state index contributed by atoms with van der Waals surface area (Å²) in [5.74, 6) is 0. The Hall–Kier alpha value is -2.04. The highest BCUT2D eigenvalue weighted by Crippen LogP contribution is 2.22. The number of nitrogens with one attached hydrogen (secondary N) is 1. The van der Waals surface area contributed by atoms with Crippen LogP contribution in [0.4, 0.5) is 11.4 Å². The molecule has 0 saturated carbocycles. The van der Waals surface area contributed by atoms with Crippen LogP contribution in [0.2, 0.25) is 0 Å². The summed E-state index contributed by atoms with van der Waals surface area (Å²) in [6, 6.07) is 6.40. The van der Waals surface area contributed by atoms with Crippen molar-refractivity contribution in [3.8, 4) is 0 Å². The number of hydrogen-bond donors (Lipinski definition) is 1. The van der Waals surface area contributed by atoms with Gasteiger partial charge in [0.15, 0.2) is 0 Å². The van der Waals surface area contributed by atoms with Crippen LogP contribution in [-0.4, -0.2) is 29.1 Å². The summed E-state index contributed by atoms with van der Waals surface area (Å²) < 4.78 is 1.89. The van der Waals surface area contributed by atoms with Gasteiger partial charge in [-0.15, -0.1) is 5.10 Å². The third-order valence-corrected chi connectivity index (χ3v) is 3.41. The monoisotopic (exact) mass is 287 g/mol. The van der Waals surface area contributed by atoms with E-state index in [4.69, 9.17) is 0 Å². The van der Waals surface area contributed by atoms with Crippen molar-refractivity contribution in [1.29, 1.82) is 0 Å². The smallest absolute Gasteiger partial charge is 0.102 e. The molecule has 0 amide bonds. The highest BCUT2D eigenvalue weighted by Gasteiger charge is 2.14. The Kier molecular flexibility index (Phi) is 4.21. The molecule has 114 valence electrons. The lowest BCUT2D eigenvalue weighted by atomic mass is 10.1. The molecule has 0 bridgehead atoms. The van der Waals surface area contributed by atoms with Crippen LogP contribution in [0.1, 0.15) is 32.0 Å². The molecule has 0 aliphatic rings. The first-order valence-corrected chi connectivity index (χ1v) is 7.21. The van der Waals surface area contributed by atoms with E-state index in [0.717, 1.165) is 11.4 Å². The lowest BCUT2D eigenvalue weighted by molar-refractivity contribution is 0.347. The fourth-order valence-corrected chi connectivity index (χ4v) is 2.02. The predicted molar refractivity (Wildman–Crippen MR) is 87.9 cm³/mol. The van der Waals surface area contributed by atoms with Crippen LogP contribution in [0, 0.1) is 6.92 Å². The maximum Gasteiger partial charge on any atom is 0.102 e. The van der Waals surface area contributed by atoms with E-state index in [9.17, 15) is 0 Å². The zero-order valence-corrected chi connectivity index (χ0v) is 13.8. The second-order valence-electron chi connectivity index (χ2n) is 6.57. The highest BCUT2D eigenvalue weighted by atomic mass is 15.4. The normalized spacial score (nSPS) is 11.5. The Morgan fingerprint density at radius 2 is 1.95 bits per heavy atom. The van der Waals surface area contributed by atoms with Gasteiger partial charge >= 0.3 is 0 Å². The fraction of sp³-hybridized carbons (Fsp3) is 0.500. The number of aryl methyl sites for hydroxylation is 1. The zero-order chi connectivity index (χ0) is 15.6. The minimum Gasteiger partial charge on any atom is -0.379 e. The van der Waals surface area contributed by atoms with Crippen LogP contribution in [0.25, 0.3) is 0 Å². The second-order valence-corrected chi connectivity index (χ2v) is 6.57. The molecule has 0 radical (unpaired) electrons. The van der Waals surface area contributed by atoms with Gasteiger partial charge in [0.1, 0.15) is 5.69 Å². The van der Waals surface area contributed by atoms with Crippen molar-refractivity contribution in [3.05, 3.63) is 35.7 Å². The molecule has 0 aliphatic carbocycles. The maximum atomic E-state index is 4.22. The summed E-state index contributed by atoms with van der Waals surface area (Å²) in [7, 11) is 4.10. The second kappa shape index (κ2) is 5.76. The van der Waals surface area contributed by atoms with Gasteiger partial charge in [-0.2, -0.15) is 0 Å². The van der Waals surface area contributed by atoms with E-state index in [1.807, 2.05) is 25.0 Å². The van der Waals surface area contributed by atoms with Gasteiger partial charge in [0, 0.05) is 25.5 Å². The molecule has 2 aromatic rings. The number of benzene rings is 1. The van der Waals surface area contributed by atoms with Gasteiger partial charge in [-0.25, -0.2) is 4.68 Å². The van der Waals surface area contributed by atoms with E-state index in [-0.39, 0.29) is 5.54 Å². The van der Waals surface area contributed by atoms with Crippen LogP contribution in [0.15, 0.2) is 24.4 Å². The largest absolute Gasteiger partial charge is 0.379 e. The number of anilines is 2. The zero-order valence-electron chi connectivity index (χ0n) is 13.8. The Bertz CT molecular complexity index is 607. The molecule has 0 spiro atoms. The molecule has 5 heteroatoms. The van der Waals surface area contributed by atoms with Crippen molar-refractivity contribution in [3.63, 3.8) is 0 Å². The summed E-state index contributed by atoms with van der Waals surface area (Å²) in [4.78, 5) is 2.10. The van der Waals surface area contributed by atoms with E-state index in [1.54, 1.807) is 0 Å². The van der Waals surface area contributed by atoms with Crippen LogP contribution in [0.3, 0.4) is 0 Å². The molecule has 1 heterocycles.